The SMILES string of the molecule is C=CCN(CCOC)C(=O)c1cc2cc(N)ccc2[nH]1. The molecule has 0 spiro atoms. The molecule has 20 heavy (non-hydrogen) atoms. The van der Waals surface area contributed by atoms with E-state index in [1.54, 1.807) is 24.2 Å². The van der Waals surface area contributed by atoms with Gasteiger partial charge in [0.1, 0.15) is 5.69 Å². The van der Waals surface area contributed by atoms with Crippen molar-refractivity contribution in [3.63, 3.8) is 0 Å². The molecule has 1 heterocycles. The van der Waals surface area contributed by atoms with Crippen LogP contribution in [0.2, 0.25) is 0 Å². The number of hydrogen-bond acceptors (Lipinski definition) is 3. The quantitative estimate of drug-likeness (QED) is 0.625. The van der Waals surface area contributed by atoms with Gasteiger partial charge < -0.3 is 20.4 Å². The highest BCUT2D eigenvalue weighted by atomic mass is 16.5. The molecule has 1 aromatic carbocycles. The Hall–Kier alpha value is -2.27. The minimum atomic E-state index is -0.0725. The van der Waals surface area contributed by atoms with Gasteiger partial charge in [-0.1, -0.05) is 6.08 Å². The lowest BCUT2D eigenvalue weighted by Crippen LogP contribution is -2.34. The summed E-state index contributed by atoms with van der Waals surface area (Å²) in [6.07, 6.45) is 1.70. The van der Waals surface area contributed by atoms with Gasteiger partial charge in [0, 0.05) is 36.8 Å². The number of aromatic amines is 1. The summed E-state index contributed by atoms with van der Waals surface area (Å²) in [7, 11) is 1.61. The fourth-order valence-electron chi connectivity index (χ4n) is 2.07. The van der Waals surface area contributed by atoms with Crippen molar-refractivity contribution < 1.29 is 9.53 Å². The van der Waals surface area contributed by atoms with Gasteiger partial charge >= 0.3 is 0 Å². The number of carbonyl (C=O) groups excluding carboxylic acids is 1. The number of carbonyl (C=O) groups is 1. The predicted molar refractivity (Wildman–Crippen MR) is 80.7 cm³/mol. The number of aromatic nitrogens is 1. The predicted octanol–water partition coefficient (Wildman–Crippen LogP) is 2.02. The summed E-state index contributed by atoms with van der Waals surface area (Å²) in [6, 6.07) is 7.33. The van der Waals surface area contributed by atoms with E-state index in [0.29, 0.717) is 31.1 Å². The van der Waals surface area contributed by atoms with Crippen LogP contribution in [0.25, 0.3) is 10.9 Å². The number of nitrogens with zero attached hydrogens (tertiary/aromatic N) is 1. The highest BCUT2D eigenvalue weighted by Gasteiger charge is 2.16. The molecule has 0 bridgehead atoms. The first kappa shape index (κ1) is 14.1. The van der Waals surface area contributed by atoms with E-state index in [9.17, 15) is 4.79 Å². The number of hydrogen-bond donors (Lipinski definition) is 2. The van der Waals surface area contributed by atoms with Crippen molar-refractivity contribution in [3.05, 3.63) is 42.6 Å². The fraction of sp³-hybridized carbons (Fsp3) is 0.267. The molecule has 0 aliphatic rings. The molecule has 106 valence electrons. The van der Waals surface area contributed by atoms with Crippen LogP contribution in [0.1, 0.15) is 10.5 Å². The molecule has 0 aliphatic heterocycles. The van der Waals surface area contributed by atoms with Gasteiger partial charge in [0.2, 0.25) is 0 Å². The van der Waals surface area contributed by atoms with E-state index < -0.39 is 0 Å². The Kier molecular flexibility index (Phi) is 4.42. The van der Waals surface area contributed by atoms with Crippen molar-refractivity contribution >= 4 is 22.5 Å². The van der Waals surface area contributed by atoms with Crippen molar-refractivity contribution in [1.29, 1.82) is 0 Å². The molecule has 0 saturated heterocycles. The number of H-pyrrole nitrogens is 1. The van der Waals surface area contributed by atoms with Gasteiger partial charge in [-0.3, -0.25) is 4.79 Å². The van der Waals surface area contributed by atoms with Crippen LogP contribution >= 0.6 is 0 Å². The van der Waals surface area contributed by atoms with Gasteiger partial charge in [0.15, 0.2) is 0 Å². The van der Waals surface area contributed by atoms with Gasteiger partial charge in [-0.15, -0.1) is 6.58 Å². The summed E-state index contributed by atoms with van der Waals surface area (Å²) < 4.78 is 5.02. The second-order valence-electron chi connectivity index (χ2n) is 4.56. The molecule has 5 nitrogen and oxygen atoms in total. The molecule has 0 atom stereocenters. The summed E-state index contributed by atoms with van der Waals surface area (Å²) in [5, 5.41) is 0.929. The van der Waals surface area contributed by atoms with Gasteiger partial charge in [0.25, 0.3) is 5.91 Å². The number of nitrogen functional groups attached to an aromatic ring is 1. The van der Waals surface area contributed by atoms with E-state index in [2.05, 4.69) is 11.6 Å². The first-order chi connectivity index (χ1) is 9.65. The van der Waals surface area contributed by atoms with Crippen LogP contribution in [0.15, 0.2) is 36.9 Å². The standard InChI is InChI=1S/C15H19N3O2/c1-3-6-18(7-8-20-2)15(19)14-10-11-9-12(16)4-5-13(11)17-14/h3-5,9-10,17H,1,6-8,16H2,2H3. The normalized spacial score (nSPS) is 10.7. The van der Waals surface area contributed by atoms with Crippen LogP contribution in [0.4, 0.5) is 5.69 Å². The highest BCUT2D eigenvalue weighted by Crippen LogP contribution is 2.19. The maximum Gasteiger partial charge on any atom is 0.270 e. The third kappa shape index (κ3) is 3.00. The van der Waals surface area contributed by atoms with Crippen LogP contribution in [0, 0.1) is 0 Å². The highest BCUT2D eigenvalue weighted by molar-refractivity contribution is 5.98. The van der Waals surface area contributed by atoms with Gasteiger partial charge in [0.05, 0.1) is 6.61 Å². The third-order valence-electron chi connectivity index (χ3n) is 3.08. The van der Waals surface area contributed by atoms with Gasteiger partial charge in [-0.25, -0.2) is 0 Å². The molecule has 2 rings (SSSR count). The molecule has 1 amide bonds. The largest absolute Gasteiger partial charge is 0.399 e. The number of amides is 1. The Labute approximate surface area is 118 Å². The first-order valence-electron chi connectivity index (χ1n) is 6.43. The van der Waals surface area contributed by atoms with E-state index in [0.717, 1.165) is 10.9 Å². The zero-order valence-corrected chi connectivity index (χ0v) is 11.6. The van der Waals surface area contributed by atoms with Crippen LogP contribution < -0.4 is 5.73 Å². The third-order valence-corrected chi connectivity index (χ3v) is 3.08. The maximum absolute atomic E-state index is 12.5. The van der Waals surface area contributed by atoms with Crippen LogP contribution in [0.3, 0.4) is 0 Å². The lowest BCUT2D eigenvalue weighted by molar-refractivity contribution is 0.0713. The van der Waals surface area contributed by atoms with Gasteiger partial charge in [-0.2, -0.15) is 0 Å². The number of nitrogens with one attached hydrogen (secondary N) is 1. The maximum atomic E-state index is 12.5. The summed E-state index contributed by atoms with van der Waals surface area (Å²) >= 11 is 0. The molecule has 0 radical (unpaired) electrons. The van der Waals surface area contributed by atoms with E-state index in [1.807, 2.05) is 18.2 Å². The average molecular weight is 273 g/mol. The summed E-state index contributed by atoms with van der Waals surface area (Å²) in [5.74, 6) is -0.0725. The molecule has 1 aromatic heterocycles. The topological polar surface area (TPSA) is 71.3 Å². The number of fused-ring (bicyclic) bond motifs is 1. The molecule has 0 unspecified atom stereocenters. The van der Waals surface area contributed by atoms with Crippen molar-refractivity contribution in [3.8, 4) is 0 Å². The lowest BCUT2D eigenvalue weighted by Gasteiger charge is -2.19. The second kappa shape index (κ2) is 6.25. The molecule has 5 heteroatoms. The van der Waals surface area contributed by atoms with Crippen molar-refractivity contribution in [1.82, 2.24) is 9.88 Å². The minimum Gasteiger partial charge on any atom is -0.399 e. The summed E-state index contributed by atoms with van der Waals surface area (Å²) in [5.41, 5.74) is 7.86. The Morgan fingerprint density at radius 3 is 3.00 bits per heavy atom. The van der Waals surface area contributed by atoms with E-state index in [-0.39, 0.29) is 5.91 Å². The first-order valence-corrected chi connectivity index (χ1v) is 6.43. The van der Waals surface area contributed by atoms with E-state index >= 15 is 0 Å². The zero-order valence-electron chi connectivity index (χ0n) is 11.6. The summed E-state index contributed by atoms with van der Waals surface area (Å²) in [6.45, 7) is 5.18. The zero-order chi connectivity index (χ0) is 14.5. The molecule has 0 aliphatic carbocycles. The Bertz CT molecular complexity index is 619. The number of ether oxygens (including phenoxy) is 1. The number of rotatable bonds is 6. The molecule has 2 aromatic rings. The van der Waals surface area contributed by atoms with Gasteiger partial charge in [-0.05, 0) is 24.3 Å². The summed E-state index contributed by atoms with van der Waals surface area (Å²) in [4.78, 5) is 17.3. The van der Waals surface area contributed by atoms with E-state index in [1.165, 1.54) is 0 Å². The Morgan fingerprint density at radius 1 is 1.50 bits per heavy atom. The minimum absolute atomic E-state index is 0.0725. The second-order valence-corrected chi connectivity index (χ2v) is 4.56. The Balaban J connectivity index is 2.25. The fourth-order valence-corrected chi connectivity index (χ4v) is 2.07. The smallest absolute Gasteiger partial charge is 0.270 e. The van der Waals surface area contributed by atoms with Crippen LogP contribution in [0.5, 0.6) is 0 Å². The van der Waals surface area contributed by atoms with Crippen molar-refractivity contribution in [2.45, 2.75) is 0 Å². The van der Waals surface area contributed by atoms with Crippen LogP contribution in [-0.4, -0.2) is 42.6 Å². The Morgan fingerprint density at radius 2 is 2.30 bits per heavy atom. The van der Waals surface area contributed by atoms with Crippen LogP contribution in [-0.2, 0) is 4.74 Å². The molecular weight excluding hydrogens is 254 g/mol. The van der Waals surface area contributed by atoms with Crippen molar-refractivity contribution in [2.75, 3.05) is 32.5 Å². The number of methoxy groups -OCH3 is 1. The average Bonchev–Trinajstić information content (AvgIpc) is 2.85. The molecular formula is C15H19N3O2. The molecule has 0 fully saturated rings. The molecule has 3 N–H and O–H groups in total. The number of nitrogens with two attached hydrogens (primary N) is 1. The molecule has 0 saturated carbocycles. The lowest BCUT2D eigenvalue weighted by atomic mass is 10.2. The van der Waals surface area contributed by atoms with E-state index in [4.69, 9.17) is 10.5 Å². The number of anilines is 1. The van der Waals surface area contributed by atoms with Crippen molar-refractivity contribution in [2.24, 2.45) is 0 Å². The monoisotopic (exact) mass is 273 g/mol. The number of benzene rings is 1.